The zero-order valence-electron chi connectivity index (χ0n) is 16.7. The molecule has 2 heterocycles. The maximum absolute atomic E-state index is 13.2. The molecule has 1 amide bonds. The van der Waals surface area contributed by atoms with Gasteiger partial charge in [-0.1, -0.05) is 36.0 Å². The van der Waals surface area contributed by atoms with Crippen LogP contribution in [-0.4, -0.2) is 41.9 Å². The van der Waals surface area contributed by atoms with E-state index in [1.54, 1.807) is 0 Å². The summed E-state index contributed by atoms with van der Waals surface area (Å²) in [5, 5.41) is 12.2. The Balaban J connectivity index is 1.67. The van der Waals surface area contributed by atoms with E-state index in [0.29, 0.717) is 36.0 Å². The Bertz CT molecular complexity index is 954. The number of amides is 1. The van der Waals surface area contributed by atoms with Gasteiger partial charge in [0.05, 0.1) is 4.90 Å². The number of benzene rings is 1. The standard InChI is InChI=1S/C19H26N4O3S2/c1-5-16-21-22-19(27-16)20-18(24)15-6-8-23(9-7-15)28(25,26)17-13(3)10-12(2)11-14(17)4/h10-11,15H,5-9H2,1-4H3,(H,20,22,24). The van der Waals surface area contributed by atoms with E-state index in [2.05, 4.69) is 15.5 Å². The van der Waals surface area contributed by atoms with Crippen molar-refractivity contribution in [2.45, 2.75) is 51.9 Å². The summed E-state index contributed by atoms with van der Waals surface area (Å²) in [7, 11) is -3.57. The van der Waals surface area contributed by atoms with Crippen LogP contribution >= 0.6 is 11.3 Å². The molecule has 1 aromatic heterocycles. The number of aryl methyl sites for hydroxylation is 4. The van der Waals surface area contributed by atoms with Crippen LogP contribution in [0.2, 0.25) is 0 Å². The highest BCUT2D eigenvalue weighted by Gasteiger charge is 2.34. The van der Waals surface area contributed by atoms with E-state index in [9.17, 15) is 13.2 Å². The summed E-state index contributed by atoms with van der Waals surface area (Å²) < 4.78 is 27.8. The molecule has 7 nitrogen and oxygen atoms in total. The fraction of sp³-hybridized carbons (Fsp3) is 0.526. The number of hydrogen-bond acceptors (Lipinski definition) is 6. The summed E-state index contributed by atoms with van der Waals surface area (Å²) in [6, 6.07) is 3.79. The lowest BCUT2D eigenvalue weighted by Gasteiger charge is -2.31. The van der Waals surface area contributed by atoms with Crippen LogP contribution in [0.15, 0.2) is 17.0 Å². The van der Waals surface area contributed by atoms with Gasteiger partial charge in [-0.05, 0) is 51.2 Å². The van der Waals surface area contributed by atoms with Crippen molar-refractivity contribution in [3.63, 3.8) is 0 Å². The number of carbonyl (C=O) groups excluding carboxylic acids is 1. The van der Waals surface area contributed by atoms with Crippen molar-refractivity contribution < 1.29 is 13.2 Å². The summed E-state index contributed by atoms with van der Waals surface area (Å²) in [5.41, 5.74) is 2.58. The highest BCUT2D eigenvalue weighted by Crippen LogP contribution is 2.29. The van der Waals surface area contributed by atoms with Crippen molar-refractivity contribution >= 4 is 32.4 Å². The lowest BCUT2D eigenvalue weighted by molar-refractivity contribution is -0.120. The average Bonchev–Trinajstić information content (AvgIpc) is 3.08. The van der Waals surface area contributed by atoms with Crippen LogP contribution in [0, 0.1) is 26.7 Å². The number of rotatable bonds is 5. The second kappa shape index (κ2) is 8.26. The lowest BCUT2D eigenvalue weighted by atomic mass is 9.97. The maximum atomic E-state index is 13.2. The summed E-state index contributed by atoms with van der Waals surface area (Å²) in [6.07, 6.45) is 1.77. The van der Waals surface area contributed by atoms with Crippen molar-refractivity contribution in [1.82, 2.24) is 14.5 Å². The molecule has 0 saturated carbocycles. The molecule has 1 N–H and O–H groups in total. The fourth-order valence-electron chi connectivity index (χ4n) is 3.72. The van der Waals surface area contributed by atoms with Crippen LogP contribution in [0.5, 0.6) is 0 Å². The molecular weight excluding hydrogens is 396 g/mol. The van der Waals surface area contributed by atoms with Crippen molar-refractivity contribution in [3.8, 4) is 0 Å². The molecule has 3 rings (SSSR count). The van der Waals surface area contributed by atoms with Gasteiger partial charge in [-0.2, -0.15) is 4.31 Å². The van der Waals surface area contributed by atoms with Crippen LogP contribution in [-0.2, 0) is 21.2 Å². The summed E-state index contributed by atoms with van der Waals surface area (Å²) in [4.78, 5) is 12.9. The van der Waals surface area contributed by atoms with E-state index in [0.717, 1.165) is 28.1 Å². The molecule has 9 heteroatoms. The summed E-state index contributed by atoms with van der Waals surface area (Å²) in [6.45, 7) is 8.29. The molecule has 0 spiro atoms. The number of nitrogens with one attached hydrogen (secondary N) is 1. The molecule has 28 heavy (non-hydrogen) atoms. The van der Waals surface area contributed by atoms with Crippen LogP contribution in [0.1, 0.15) is 41.5 Å². The Hall–Kier alpha value is -1.84. The molecule has 1 aliphatic heterocycles. The molecule has 0 unspecified atom stereocenters. The summed E-state index contributed by atoms with van der Waals surface area (Å²) in [5.74, 6) is -0.334. The molecule has 0 radical (unpaired) electrons. The quantitative estimate of drug-likeness (QED) is 0.799. The Labute approximate surface area is 170 Å². The molecule has 1 aliphatic rings. The van der Waals surface area contributed by atoms with E-state index in [1.807, 2.05) is 39.8 Å². The third-order valence-corrected chi connectivity index (χ3v) is 8.21. The highest BCUT2D eigenvalue weighted by molar-refractivity contribution is 7.89. The molecule has 1 aromatic carbocycles. The topological polar surface area (TPSA) is 92.3 Å². The van der Waals surface area contributed by atoms with Gasteiger partial charge in [0.25, 0.3) is 0 Å². The molecule has 0 bridgehead atoms. The number of anilines is 1. The Morgan fingerprint density at radius 2 is 1.79 bits per heavy atom. The van der Waals surface area contributed by atoms with Gasteiger partial charge in [0, 0.05) is 19.0 Å². The number of sulfonamides is 1. The minimum atomic E-state index is -3.57. The largest absolute Gasteiger partial charge is 0.300 e. The number of carbonyl (C=O) groups is 1. The second-order valence-corrected chi connectivity index (χ2v) is 10.2. The van der Waals surface area contributed by atoms with Crippen LogP contribution in [0.25, 0.3) is 0 Å². The number of piperidine rings is 1. The van der Waals surface area contributed by atoms with Gasteiger partial charge in [0.15, 0.2) is 0 Å². The third-order valence-electron chi connectivity index (χ3n) is 5.03. The molecule has 0 aliphatic carbocycles. The first kappa shape index (κ1) is 20.9. The minimum absolute atomic E-state index is 0.112. The summed E-state index contributed by atoms with van der Waals surface area (Å²) >= 11 is 1.37. The molecular formula is C19H26N4O3S2. The van der Waals surface area contributed by atoms with E-state index >= 15 is 0 Å². The van der Waals surface area contributed by atoms with E-state index in [4.69, 9.17) is 0 Å². The average molecular weight is 423 g/mol. The van der Waals surface area contributed by atoms with Crippen LogP contribution < -0.4 is 5.32 Å². The van der Waals surface area contributed by atoms with Gasteiger partial charge in [-0.25, -0.2) is 8.42 Å². The second-order valence-electron chi connectivity index (χ2n) is 7.25. The van der Waals surface area contributed by atoms with Gasteiger partial charge in [0.1, 0.15) is 5.01 Å². The molecule has 2 aromatic rings. The van der Waals surface area contributed by atoms with Crippen molar-refractivity contribution in [2.75, 3.05) is 18.4 Å². The first-order chi connectivity index (χ1) is 13.2. The van der Waals surface area contributed by atoms with Gasteiger partial charge in [0.2, 0.25) is 21.1 Å². The predicted octanol–water partition coefficient (Wildman–Crippen LogP) is 3.07. The fourth-order valence-corrected chi connectivity index (χ4v) is 6.28. The van der Waals surface area contributed by atoms with Crippen molar-refractivity contribution in [2.24, 2.45) is 5.92 Å². The number of nitrogens with zero attached hydrogens (tertiary/aromatic N) is 3. The van der Waals surface area contributed by atoms with Gasteiger partial charge in [-0.15, -0.1) is 10.2 Å². The Morgan fingerprint density at radius 1 is 1.18 bits per heavy atom. The van der Waals surface area contributed by atoms with Gasteiger partial charge < -0.3 is 5.32 Å². The lowest BCUT2D eigenvalue weighted by Crippen LogP contribution is -2.41. The normalized spacial score (nSPS) is 16.3. The monoisotopic (exact) mass is 422 g/mol. The van der Waals surface area contributed by atoms with Gasteiger partial charge in [-0.3, -0.25) is 4.79 Å². The molecule has 1 saturated heterocycles. The van der Waals surface area contributed by atoms with E-state index in [-0.39, 0.29) is 11.8 Å². The van der Waals surface area contributed by atoms with E-state index < -0.39 is 10.0 Å². The Morgan fingerprint density at radius 3 is 2.32 bits per heavy atom. The highest BCUT2D eigenvalue weighted by atomic mass is 32.2. The maximum Gasteiger partial charge on any atom is 0.243 e. The molecule has 152 valence electrons. The SMILES string of the molecule is CCc1nnc(NC(=O)C2CCN(S(=O)(=O)c3c(C)cc(C)cc3C)CC2)s1. The van der Waals surface area contributed by atoms with E-state index in [1.165, 1.54) is 15.6 Å². The van der Waals surface area contributed by atoms with Crippen LogP contribution in [0.4, 0.5) is 5.13 Å². The van der Waals surface area contributed by atoms with Gasteiger partial charge >= 0.3 is 0 Å². The minimum Gasteiger partial charge on any atom is -0.300 e. The molecule has 1 fully saturated rings. The zero-order valence-corrected chi connectivity index (χ0v) is 18.3. The third kappa shape index (κ3) is 4.26. The zero-order chi connectivity index (χ0) is 20.5. The Kier molecular flexibility index (Phi) is 6.16. The molecule has 0 atom stereocenters. The number of aromatic nitrogens is 2. The van der Waals surface area contributed by atoms with Crippen molar-refractivity contribution in [3.05, 3.63) is 33.8 Å². The predicted molar refractivity (Wildman–Crippen MR) is 110 cm³/mol. The first-order valence-corrected chi connectivity index (χ1v) is 11.7. The number of hydrogen-bond donors (Lipinski definition) is 1. The van der Waals surface area contributed by atoms with Crippen molar-refractivity contribution in [1.29, 1.82) is 0 Å². The van der Waals surface area contributed by atoms with Crippen LogP contribution in [0.3, 0.4) is 0 Å². The first-order valence-electron chi connectivity index (χ1n) is 9.43. The smallest absolute Gasteiger partial charge is 0.243 e.